The summed E-state index contributed by atoms with van der Waals surface area (Å²) in [5.41, 5.74) is 9.11. The highest BCUT2D eigenvalue weighted by Gasteiger charge is 2.26. The first-order valence-corrected chi connectivity index (χ1v) is 4.77. The lowest BCUT2D eigenvalue weighted by Gasteiger charge is -2.23. The summed E-state index contributed by atoms with van der Waals surface area (Å²) in [6.07, 6.45) is 0. The van der Waals surface area contributed by atoms with Crippen LogP contribution in [0.4, 0.5) is 20.2 Å². The van der Waals surface area contributed by atoms with E-state index >= 15 is 0 Å². The molecule has 94 valence electrons. The molecule has 8 heteroatoms. The van der Waals surface area contributed by atoms with E-state index in [1.165, 1.54) is 0 Å². The Morgan fingerprint density at radius 3 is 2.11 bits per heavy atom. The van der Waals surface area contributed by atoms with Gasteiger partial charge in [0.05, 0.1) is 11.4 Å². The van der Waals surface area contributed by atoms with Gasteiger partial charge in [0.15, 0.2) is 5.82 Å². The van der Waals surface area contributed by atoms with Crippen LogP contribution in [0.3, 0.4) is 0 Å². The zero-order valence-electron chi connectivity index (χ0n) is 8.88. The van der Waals surface area contributed by atoms with E-state index in [2.05, 4.69) is 10.6 Å². The van der Waals surface area contributed by atoms with Crippen LogP contribution in [0.2, 0.25) is 0 Å². The highest BCUT2D eigenvalue weighted by atomic mass is 19.1. The maximum atomic E-state index is 13.5. The summed E-state index contributed by atoms with van der Waals surface area (Å²) < 4.78 is 26.5. The van der Waals surface area contributed by atoms with Gasteiger partial charge in [-0.05, 0) is 6.07 Å². The average Bonchev–Trinajstić information content (AvgIpc) is 2.26. The number of carbonyl (C=O) groups is 2. The van der Waals surface area contributed by atoms with Crippen LogP contribution in [0.5, 0.6) is 0 Å². The average molecular weight is 254 g/mol. The van der Waals surface area contributed by atoms with Gasteiger partial charge in [0, 0.05) is 6.07 Å². The van der Waals surface area contributed by atoms with E-state index in [4.69, 9.17) is 11.5 Å². The Bertz CT molecular complexity index is 598. The number of nitrogens with one attached hydrogen (secondary N) is 2. The number of hydrogen-bond donors (Lipinski definition) is 4. The van der Waals surface area contributed by atoms with Crippen molar-refractivity contribution in [3.63, 3.8) is 0 Å². The van der Waals surface area contributed by atoms with Crippen LogP contribution >= 0.6 is 0 Å². The lowest BCUT2D eigenvalue weighted by atomic mass is 10.1. The zero-order valence-corrected chi connectivity index (χ0v) is 8.88. The van der Waals surface area contributed by atoms with Crippen LogP contribution in [-0.4, -0.2) is 11.8 Å². The third-order valence-corrected chi connectivity index (χ3v) is 2.31. The van der Waals surface area contributed by atoms with Crippen molar-refractivity contribution in [3.05, 3.63) is 35.2 Å². The maximum Gasteiger partial charge on any atom is 0.267 e. The lowest BCUT2D eigenvalue weighted by molar-refractivity contribution is -0.117. The van der Waals surface area contributed by atoms with Crippen molar-refractivity contribution in [2.24, 2.45) is 11.5 Å². The van der Waals surface area contributed by atoms with Crippen molar-refractivity contribution >= 4 is 23.2 Å². The second-order valence-corrected chi connectivity index (χ2v) is 3.54. The third-order valence-electron chi connectivity index (χ3n) is 2.31. The van der Waals surface area contributed by atoms with Gasteiger partial charge in [-0.25, -0.2) is 8.78 Å². The van der Waals surface area contributed by atoms with Gasteiger partial charge in [-0.1, -0.05) is 0 Å². The fourth-order valence-corrected chi connectivity index (χ4v) is 1.55. The summed E-state index contributed by atoms with van der Waals surface area (Å²) in [6.45, 7) is 0. The smallest absolute Gasteiger partial charge is 0.267 e. The molecule has 0 unspecified atom stereocenters. The highest BCUT2D eigenvalue weighted by molar-refractivity contribution is 6.09. The van der Waals surface area contributed by atoms with Crippen molar-refractivity contribution in [3.8, 4) is 0 Å². The molecule has 0 fully saturated rings. The van der Waals surface area contributed by atoms with Crippen molar-refractivity contribution < 1.29 is 18.4 Å². The predicted molar refractivity (Wildman–Crippen MR) is 59.0 cm³/mol. The molecule has 18 heavy (non-hydrogen) atoms. The summed E-state index contributed by atoms with van der Waals surface area (Å²) in [5.74, 6) is -3.75. The number of rotatable bonds is 2. The first-order valence-electron chi connectivity index (χ1n) is 4.77. The summed E-state index contributed by atoms with van der Waals surface area (Å²) in [6, 6.07) is 1.58. The molecule has 1 aliphatic rings. The van der Waals surface area contributed by atoms with Crippen LogP contribution in [0.25, 0.3) is 0 Å². The minimum atomic E-state index is -0.995. The number of fused-ring (bicyclic) bond motifs is 1. The molecule has 0 aliphatic carbocycles. The Kier molecular flexibility index (Phi) is 2.62. The van der Waals surface area contributed by atoms with Gasteiger partial charge in [0.2, 0.25) is 0 Å². The van der Waals surface area contributed by atoms with Crippen LogP contribution in [0, 0.1) is 11.6 Å². The topological polar surface area (TPSA) is 110 Å². The van der Waals surface area contributed by atoms with Gasteiger partial charge in [0.25, 0.3) is 11.8 Å². The van der Waals surface area contributed by atoms with E-state index in [-0.39, 0.29) is 22.8 Å². The van der Waals surface area contributed by atoms with Gasteiger partial charge < -0.3 is 22.1 Å². The molecule has 6 N–H and O–H groups in total. The van der Waals surface area contributed by atoms with Crippen LogP contribution < -0.4 is 22.1 Å². The predicted octanol–water partition coefficient (Wildman–Crippen LogP) is -0.0156. The quantitative estimate of drug-likeness (QED) is 0.594. The standard InChI is InChI=1S/C10H8F2N4O2/c11-3-1-4(12)6-5(2-3)15-7(9(13)17)8(16-6)10(14)18/h1-2,15-16H,(H2,13,17)(H2,14,18). The highest BCUT2D eigenvalue weighted by Crippen LogP contribution is 2.33. The number of amides is 2. The molecule has 0 bridgehead atoms. The van der Waals surface area contributed by atoms with E-state index in [1.54, 1.807) is 0 Å². The van der Waals surface area contributed by atoms with Gasteiger partial charge in [0.1, 0.15) is 17.2 Å². The number of benzene rings is 1. The molecule has 0 radical (unpaired) electrons. The third kappa shape index (κ3) is 1.83. The normalized spacial score (nSPS) is 13.4. The number of nitrogens with two attached hydrogens (primary N) is 2. The van der Waals surface area contributed by atoms with E-state index < -0.39 is 23.4 Å². The van der Waals surface area contributed by atoms with Crippen LogP contribution in [0.15, 0.2) is 23.5 Å². The van der Waals surface area contributed by atoms with Crippen molar-refractivity contribution in [2.45, 2.75) is 0 Å². The van der Waals surface area contributed by atoms with E-state index in [0.29, 0.717) is 6.07 Å². The monoisotopic (exact) mass is 254 g/mol. The van der Waals surface area contributed by atoms with Gasteiger partial charge in [-0.3, -0.25) is 9.59 Å². The van der Waals surface area contributed by atoms with Gasteiger partial charge in [-0.2, -0.15) is 0 Å². The minimum absolute atomic E-state index is 0.0497. The summed E-state index contributed by atoms with van der Waals surface area (Å²) in [5, 5.41) is 4.69. The summed E-state index contributed by atoms with van der Waals surface area (Å²) >= 11 is 0. The molecule has 2 rings (SSSR count). The first kappa shape index (κ1) is 11.8. The number of primary amides is 2. The molecule has 1 aromatic rings. The van der Waals surface area contributed by atoms with Crippen molar-refractivity contribution in [1.82, 2.24) is 0 Å². The number of halogens is 2. The second-order valence-electron chi connectivity index (χ2n) is 3.54. The number of carbonyl (C=O) groups excluding carboxylic acids is 2. The largest absolute Gasteiger partial charge is 0.364 e. The molecule has 0 saturated carbocycles. The minimum Gasteiger partial charge on any atom is -0.364 e. The fraction of sp³-hybridized carbons (Fsp3) is 0. The lowest BCUT2D eigenvalue weighted by Crippen LogP contribution is -2.33. The molecule has 1 heterocycles. The van der Waals surface area contributed by atoms with Gasteiger partial charge in [-0.15, -0.1) is 0 Å². The summed E-state index contributed by atoms with van der Waals surface area (Å²) in [7, 11) is 0. The number of anilines is 2. The molecular weight excluding hydrogens is 246 g/mol. The summed E-state index contributed by atoms with van der Waals surface area (Å²) in [4.78, 5) is 22.2. The second kappa shape index (κ2) is 3.99. The van der Waals surface area contributed by atoms with Crippen molar-refractivity contribution in [2.75, 3.05) is 10.6 Å². The molecule has 1 aliphatic heterocycles. The molecule has 0 atom stereocenters. The zero-order chi connectivity index (χ0) is 13.4. The van der Waals surface area contributed by atoms with Crippen LogP contribution in [-0.2, 0) is 9.59 Å². The molecule has 2 amide bonds. The maximum absolute atomic E-state index is 13.5. The fourth-order valence-electron chi connectivity index (χ4n) is 1.55. The van der Waals surface area contributed by atoms with E-state index in [9.17, 15) is 18.4 Å². The Morgan fingerprint density at radius 1 is 1.00 bits per heavy atom. The Balaban J connectivity index is 2.57. The molecule has 0 aromatic heterocycles. The first-order chi connectivity index (χ1) is 8.40. The number of hydrogen-bond acceptors (Lipinski definition) is 4. The molecule has 0 spiro atoms. The van der Waals surface area contributed by atoms with Crippen LogP contribution in [0.1, 0.15) is 0 Å². The molecular formula is C10H8F2N4O2. The van der Waals surface area contributed by atoms with E-state index in [0.717, 1.165) is 6.07 Å². The van der Waals surface area contributed by atoms with E-state index in [1.807, 2.05) is 0 Å². The van der Waals surface area contributed by atoms with Crippen molar-refractivity contribution in [1.29, 1.82) is 0 Å². The Labute approximate surface area is 99.6 Å². The Hall–Kier alpha value is -2.64. The molecule has 0 saturated heterocycles. The SMILES string of the molecule is NC(=O)C1=C(C(N)=O)Nc2c(F)cc(F)cc2N1. The van der Waals surface area contributed by atoms with Gasteiger partial charge >= 0.3 is 0 Å². The molecule has 6 nitrogen and oxygen atoms in total. The molecule has 1 aromatic carbocycles. The Morgan fingerprint density at radius 2 is 1.56 bits per heavy atom.